The Kier molecular flexibility index (Phi) is 3.89. The Morgan fingerprint density at radius 3 is 3.05 bits per heavy atom. The number of unbranched alkanes of at least 4 members (excludes halogenated alkanes) is 1. The molecule has 1 amide bonds. The number of nitrogens with one attached hydrogen (secondary N) is 1. The first-order valence-corrected chi connectivity index (χ1v) is 7.79. The molecule has 0 bridgehead atoms. The van der Waals surface area contributed by atoms with E-state index in [2.05, 4.69) is 21.8 Å². The number of hydrogen-bond acceptors (Lipinski definition) is 4. The second-order valence-electron chi connectivity index (χ2n) is 6.33. The van der Waals surface area contributed by atoms with Gasteiger partial charge in [-0.05, 0) is 6.42 Å². The van der Waals surface area contributed by atoms with Gasteiger partial charge < -0.3 is 14.6 Å². The third-order valence-electron chi connectivity index (χ3n) is 4.38. The molecule has 1 aromatic rings. The van der Waals surface area contributed by atoms with Crippen LogP contribution < -0.4 is 0 Å². The van der Waals surface area contributed by atoms with Crippen LogP contribution in [0.15, 0.2) is 6.20 Å². The van der Waals surface area contributed by atoms with E-state index in [1.807, 2.05) is 6.20 Å². The molecule has 21 heavy (non-hydrogen) atoms. The maximum absolute atomic E-state index is 11.6. The van der Waals surface area contributed by atoms with Crippen molar-refractivity contribution in [1.29, 1.82) is 0 Å². The van der Waals surface area contributed by atoms with Gasteiger partial charge in [0.1, 0.15) is 11.4 Å². The third kappa shape index (κ3) is 3.05. The number of likely N-dealkylation sites (tertiary alicyclic amines) is 1. The fraction of sp³-hybridized carbons (Fsp3) is 0.733. The van der Waals surface area contributed by atoms with Crippen LogP contribution in [-0.4, -0.2) is 58.1 Å². The van der Waals surface area contributed by atoms with Gasteiger partial charge in [0, 0.05) is 51.4 Å². The van der Waals surface area contributed by atoms with Crippen LogP contribution in [0, 0.1) is 0 Å². The molecule has 1 N–H and O–H groups in total. The van der Waals surface area contributed by atoms with Crippen molar-refractivity contribution in [3.63, 3.8) is 0 Å². The van der Waals surface area contributed by atoms with Gasteiger partial charge >= 0.3 is 6.09 Å². The van der Waals surface area contributed by atoms with Crippen LogP contribution in [0.25, 0.3) is 0 Å². The summed E-state index contributed by atoms with van der Waals surface area (Å²) in [5.74, 6) is 1.08. The Morgan fingerprint density at radius 1 is 1.48 bits per heavy atom. The first-order valence-electron chi connectivity index (χ1n) is 7.79. The minimum Gasteiger partial charge on any atom is -0.439 e. The van der Waals surface area contributed by atoms with Gasteiger partial charge in [-0.3, -0.25) is 4.90 Å². The molecule has 0 unspecified atom stereocenters. The molecular weight excluding hydrogens is 268 g/mol. The topological polar surface area (TPSA) is 61.5 Å². The highest BCUT2D eigenvalue weighted by Crippen LogP contribution is 2.32. The van der Waals surface area contributed by atoms with E-state index in [1.165, 1.54) is 12.8 Å². The highest BCUT2D eigenvalue weighted by molar-refractivity contribution is 5.70. The number of ether oxygens (including phenoxy) is 1. The molecule has 0 saturated carbocycles. The van der Waals surface area contributed by atoms with Crippen LogP contribution in [0.2, 0.25) is 0 Å². The summed E-state index contributed by atoms with van der Waals surface area (Å²) < 4.78 is 5.57. The van der Waals surface area contributed by atoms with Gasteiger partial charge in [-0.2, -0.15) is 0 Å². The van der Waals surface area contributed by atoms with Crippen molar-refractivity contribution in [2.75, 3.05) is 26.7 Å². The summed E-state index contributed by atoms with van der Waals surface area (Å²) in [7, 11) is 1.80. The quantitative estimate of drug-likeness (QED) is 0.898. The summed E-state index contributed by atoms with van der Waals surface area (Å²) in [5, 5.41) is 0. The summed E-state index contributed by atoms with van der Waals surface area (Å²) >= 11 is 0. The second kappa shape index (κ2) is 5.67. The van der Waals surface area contributed by atoms with E-state index in [4.69, 9.17) is 4.74 Å². The molecule has 0 aromatic carbocycles. The van der Waals surface area contributed by atoms with Crippen LogP contribution in [0.4, 0.5) is 4.79 Å². The van der Waals surface area contributed by atoms with Crippen LogP contribution in [0.5, 0.6) is 0 Å². The Bertz CT molecular complexity index is 516. The van der Waals surface area contributed by atoms with Crippen molar-refractivity contribution in [1.82, 2.24) is 19.8 Å². The number of carbonyl (C=O) groups is 1. The standard InChI is InChI=1S/C15H24N4O2/c1-3-4-5-13-16-8-12(17-13)9-19-7-6-15(11-19)10-18(2)14(20)21-15/h8H,3-7,9-11H2,1-2H3,(H,16,17)/t15-/m0/s1. The van der Waals surface area contributed by atoms with Crippen molar-refractivity contribution in [2.45, 2.75) is 44.8 Å². The van der Waals surface area contributed by atoms with Crippen molar-refractivity contribution in [2.24, 2.45) is 0 Å². The van der Waals surface area contributed by atoms with Crippen LogP contribution in [0.3, 0.4) is 0 Å². The summed E-state index contributed by atoms with van der Waals surface area (Å²) in [5.41, 5.74) is 0.854. The summed E-state index contributed by atoms with van der Waals surface area (Å²) in [4.78, 5) is 23.4. The molecule has 1 atom stereocenters. The van der Waals surface area contributed by atoms with Crippen molar-refractivity contribution < 1.29 is 9.53 Å². The fourth-order valence-corrected chi connectivity index (χ4v) is 3.27. The largest absolute Gasteiger partial charge is 0.439 e. The van der Waals surface area contributed by atoms with Gasteiger partial charge in [0.15, 0.2) is 0 Å². The Hall–Kier alpha value is -1.56. The van der Waals surface area contributed by atoms with E-state index in [9.17, 15) is 4.79 Å². The number of likely N-dealkylation sites (N-methyl/N-ethyl adjacent to an activating group) is 1. The van der Waals surface area contributed by atoms with Gasteiger partial charge in [-0.25, -0.2) is 9.78 Å². The zero-order chi connectivity index (χ0) is 14.9. The zero-order valence-corrected chi connectivity index (χ0v) is 12.9. The van der Waals surface area contributed by atoms with Gasteiger partial charge in [0.2, 0.25) is 0 Å². The third-order valence-corrected chi connectivity index (χ3v) is 4.38. The number of rotatable bonds is 5. The lowest BCUT2D eigenvalue weighted by molar-refractivity contribution is 0.0626. The average molecular weight is 292 g/mol. The minimum atomic E-state index is -0.295. The van der Waals surface area contributed by atoms with Gasteiger partial charge in [0.05, 0.1) is 6.54 Å². The zero-order valence-electron chi connectivity index (χ0n) is 12.9. The maximum atomic E-state index is 11.6. The second-order valence-corrected chi connectivity index (χ2v) is 6.33. The summed E-state index contributed by atoms with van der Waals surface area (Å²) in [6.45, 7) is 5.51. The summed E-state index contributed by atoms with van der Waals surface area (Å²) in [6.07, 6.45) is 6.03. The number of aromatic amines is 1. The van der Waals surface area contributed by atoms with E-state index in [0.29, 0.717) is 6.54 Å². The van der Waals surface area contributed by atoms with Gasteiger partial charge in [-0.1, -0.05) is 13.3 Å². The number of aromatic nitrogens is 2. The molecular formula is C15H24N4O2. The average Bonchev–Trinajstić information content (AvgIpc) is 3.11. The molecule has 2 fully saturated rings. The summed E-state index contributed by atoms with van der Waals surface area (Å²) in [6, 6.07) is 0. The highest BCUT2D eigenvalue weighted by Gasteiger charge is 2.48. The van der Waals surface area contributed by atoms with E-state index in [1.54, 1.807) is 11.9 Å². The number of nitrogens with zero attached hydrogens (tertiary/aromatic N) is 3. The molecule has 0 radical (unpaired) electrons. The lowest BCUT2D eigenvalue weighted by atomic mass is 10.0. The molecule has 116 valence electrons. The first-order chi connectivity index (χ1) is 10.1. The predicted octanol–water partition coefficient (Wildman–Crippen LogP) is 1.78. The molecule has 1 aromatic heterocycles. The fourth-order valence-electron chi connectivity index (χ4n) is 3.27. The monoisotopic (exact) mass is 292 g/mol. The van der Waals surface area contributed by atoms with E-state index < -0.39 is 0 Å². The van der Waals surface area contributed by atoms with Crippen LogP contribution in [-0.2, 0) is 17.7 Å². The number of imidazole rings is 1. The molecule has 6 heteroatoms. The van der Waals surface area contributed by atoms with Crippen molar-refractivity contribution in [3.8, 4) is 0 Å². The van der Waals surface area contributed by atoms with Gasteiger partial charge in [-0.15, -0.1) is 0 Å². The predicted molar refractivity (Wildman–Crippen MR) is 78.9 cm³/mol. The Balaban J connectivity index is 1.55. The Morgan fingerprint density at radius 2 is 2.33 bits per heavy atom. The van der Waals surface area contributed by atoms with Crippen LogP contribution in [0.1, 0.15) is 37.7 Å². The highest BCUT2D eigenvalue weighted by atomic mass is 16.6. The molecule has 3 heterocycles. The number of hydrogen-bond donors (Lipinski definition) is 1. The van der Waals surface area contributed by atoms with Gasteiger partial charge in [0.25, 0.3) is 0 Å². The molecule has 2 saturated heterocycles. The Labute approximate surface area is 125 Å². The van der Waals surface area contributed by atoms with E-state index >= 15 is 0 Å². The molecule has 2 aliphatic heterocycles. The van der Waals surface area contributed by atoms with E-state index in [-0.39, 0.29) is 11.7 Å². The SMILES string of the molecule is CCCCc1ncc(CN2CC[C@@]3(C2)CN(C)C(=O)O3)[nH]1. The maximum Gasteiger partial charge on any atom is 0.410 e. The number of carbonyl (C=O) groups excluding carboxylic acids is 1. The number of amides is 1. The smallest absolute Gasteiger partial charge is 0.410 e. The normalized spacial score (nSPS) is 26.0. The van der Waals surface area contributed by atoms with Crippen LogP contribution >= 0.6 is 0 Å². The van der Waals surface area contributed by atoms with Crippen molar-refractivity contribution >= 4 is 6.09 Å². The number of aryl methyl sites for hydroxylation is 1. The van der Waals surface area contributed by atoms with Crippen molar-refractivity contribution in [3.05, 3.63) is 17.7 Å². The molecule has 6 nitrogen and oxygen atoms in total. The first kappa shape index (κ1) is 14.4. The van der Waals surface area contributed by atoms with E-state index in [0.717, 1.165) is 44.0 Å². The minimum absolute atomic E-state index is 0.194. The molecule has 2 aliphatic rings. The molecule has 3 rings (SSSR count). The lowest BCUT2D eigenvalue weighted by Gasteiger charge is -2.21. The molecule has 1 spiro atoms. The lowest BCUT2D eigenvalue weighted by Crippen LogP contribution is -2.37. The number of H-pyrrole nitrogens is 1. The molecule has 0 aliphatic carbocycles.